The van der Waals surface area contributed by atoms with Gasteiger partial charge in [0.15, 0.2) is 0 Å². The molecular formula is C10H14FNO. The van der Waals surface area contributed by atoms with E-state index in [1.54, 1.807) is 19.2 Å². The van der Waals surface area contributed by atoms with Gasteiger partial charge in [0.05, 0.1) is 0 Å². The molecule has 0 aliphatic carbocycles. The Morgan fingerprint density at radius 2 is 1.85 bits per heavy atom. The van der Waals surface area contributed by atoms with Crippen molar-refractivity contribution < 1.29 is 9.18 Å². The van der Waals surface area contributed by atoms with Crippen LogP contribution >= 0.6 is 0 Å². The number of carbonyl (C=O) groups excluding carboxylic acids is 1. The highest BCUT2D eigenvalue weighted by molar-refractivity contribution is 5.48. The van der Waals surface area contributed by atoms with Gasteiger partial charge in [-0.1, -0.05) is 6.92 Å². The van der Waals surface area contributed by atoms with E-state index in [1.165, 1.54) is 12.1 Å². The van der Waals surface area contributed by atoms with Crippen LogP contribution < -0.4 is 5.32 Å². The summed E-state index contributed by atoms with van der Waals surface area (Å²) in [4.78, 5) is 9.17. The van der Waals surface area contributed by atoms with E-state index >= 15 is 0 Å². The van der Waals surface area contributed by atoms with Crippen LogP contribution in [0.3, 0.4) is 0 Å². The van der Waals surface area contributed by atoms with Gasteiger partial charge in [-0.2, -0.15) is 0 Å². The maximum absolute atomic E-state index is 12.2. The smallest absolute Gasteiger partial charge is 0.123 e. The number of carbonyl (C=O) groups is 1. The molecule has 0 heterocycles. The molecule has 1 N–H and O–H groups in total. The molecule has 0 unspecified atom stereocenters. The van der Waals surface area contributed by atoms with Crippen molar-refractivity contribution in [3.63, 3.8) is 0 Å². The van der Waals surface area contributed by atoms with Crippen LogP contribution in [0.1, 0.15) is 13.3 Å². The summed E-state index contributed by atoms with van der Waals surface area (Å²) in [6.07, 6.45) is 1.51. The summed E-state index contributed by atoms with van der Waals surface area (Å²) in [5.41, 5.74) is 0.927. The highest BCUT2D eigenvalue weighted by atomic mass is 19.1. The monoisotopic (exact) mass is 183 g/mol. The lowest BCUT2D eigenvalue weighted by atomic mass is 10.3. The fourth-order valence-electron chi connectivity index (χ4n) is 0.617. The van der Waals surface area contributed by atoms with Crippen molar-refractivity contribution in [3.8, 4) is 0 Å². The first-order valence-corrected chi connectivity index (χ1v) is 4.11. The predicted octanol–water partition coefficient (Wildman–Crippen LogP) is 2.46. The molecule has 0 amide bonds. The second kappa shape index (κ2) is 7.28. The van der Waals surface area contributed by atoms with Crippen LogP contribution in [0.2, 0.25) is 0 Å². The number of hydrogen-bond donors (Lipinski definition) is 1. The first kappa shape index (κ1) is 11.6. The molecule has 0 aliphatic heterocycles. The molecule has 0 saturated carbocycles. The zero-order valence-electron chi connectivity index (χ0n) is 7.88. The number of anilines is 1. The van der Waals surface area contributed by atoms with Gasteiger partial charge >= 0.3 is 0 Å². The quantitative estimate of drug-likeness (QED) is 0.713. The van der Waals surface area contributed by atoms with Crippen LogP contribution in [0, 0.1) is 5.82 Å². The fourth-order valence-corrected chi connectivity index (χ4v) is 0.617. The largest absolute Gasteiger partial charge is 0.388 e. The molecule has 2 nitrogen and oxygen atoms in total. The minimum absolute atomic E-state index is 0.200. The Balaban J connectivity index is 0.000000310. The molecule has 0 spiro atoms. The van der Waals surface area contributed by atoms with Crippen LogP contribution in [-0.2, 0) is 4.79 Å². The molecule has 0 aliphatic rings. The molecule has 1 aromatic carbocycles. The third-order valence-corrected chi connectivity index (χ3v) is 1.30. The van der Waals surface area contributed by atoms with Gasteiger partial charge in [0.1, 0.15) is 12.1 Å². The van der Waals surface area contributed by atoms with Gasteiger partial charge in [-0.25, -0.2) is 4.39 Å². The normalized spacial score (nSPS) is 8.23. The van der Waals surface area contributed by atoms with Gasteiger partial charge in [0.25, 0.3) is 0 Å². The number of aldehydes is 1. The summed E-state index contributed by atoms with van der Waals surface area (Å²) in [6, 6.07) is 6.22. The van der Waals surface area contributed by atoms with Gasteiger partial charge in [0.2, 0.25) is 0 Å². The molecule has 1 rings (SSSR count). The number of benzene rings is 1. The minimum atomic E-state index is -0.200. The lowest BCUT2D eigenvalue weighted by Gasteiger charge is -1.95. The second-order valence-corrected chi connectivity index (χ2v) is 2.33. The summed E-state index contributed by atoms with van der Waals surface area (Å²) in [6.45, 7) is 1.81. The zero-order valence-corrected chi connectivity index (χ0v) is 7.88. The van der Waals surface area contributed by atoms with Gasteiger partial charge in [0, 0.05) is 19.2 Å². The molecule has 13 heavy (non-hydrogen) atoms. The molecule has 3 heteroatoms. The molecule has 0 saturated heterocycles. The Bertz CT molecular complexity index is 233. The predicted molar refractivity (Wildman–Crippen MR) is 52.3 cm³/mol. The SMILES string of the molecule is CCC=O.CNc1ccc(F)cc1. The number of nitrogens with one attached hydrogen (secondary N) is 1. The summed E-state index contributed by atoms with van der Waals surface area (Å²) < 4.78 is 12.2. The summed E-state index contributed by atoms with van der Waals surface area (Å²) in [7, 11) is 1.80. The number of halogens is 1. The van der Waals surface area contributed by atoms with E-state index in [2.05, 4.69) is 5.32 Å². The Labute approximate surface area is 77.8 Å². The lowest BCUT2D eigenvalue weighted by Crippen LogP contribution is -1.86. The second-order valence-electron chi connectivity index (χ2n) is 2.33. The van der Waals surface area contributed by atoms with Gasteiger partial charge in [-0.05, 0) is 24.3 Å². The van der Waals surface area contributed by atoms with Crippen LogP contribution in [0.15, 0.2) is 24.3 Å². The number of hydrogen-bond acceptors (Lipinski definition) is 2. The molecule has 0 aromatic heterocycles. The van der Waals surface area contributed by atoms with E-state index in [4.69, 9.17) is 0 Å². The zero-order chi connectivity index (χ0) is 10.1. The summed E-state index contributed by atoms with van der Waals surface area (Å²) in [5.74, 6) is -0.200. The van der Waals surface area contributed by atoms with Crippen molar-refractivity contribution >= 4 is 12.0 Å². The van der Waals surface area contributed by atoms with Crippen LogP contribution in [0.4, 0.5) is 10.1 Å². The molecule has 72 valence electrons. The number of rotatable bonds is 2. The average Bonchev–Trinajstić information content (AvgIpc) is 2.19. The van der Waals surface area contributed by atoms with Crippen molar-refractivity contribution in [3.05, 3.63) is 30.1 Å². The third kappa shape index (κ3) is 5.84. The maximum Gasteiger partial charge on any atom is 0.123 e. The topological polar surface area (TPSA) is 29.1 Å². The first-order valence-electron chi connectivity index (χ1n) is 4.11. The van der Waals surface area contributed by atoms with Gasteiger partial charge < -0.3 is 10.1 Å². The molecule has 1 aromatic rings. The van der Waals surface area contributed by atoms with E-state index in [0.717, 1.165) is 12.0 Å². The fraction of sp³-hybridized carbons (Fsp3) is 0.300. The third-order valence-electron chi connectivity index (χ3n) is 1.30. The highest BCUT2D eigenvalue weighted by Gasteiger charge is 1.86. The van der Waals surface area contributed by atoms with Gasteiger partial charge in [-0.3, -0.25) is 0 Å². The standard InChI is InChI=1S/C7H8FN.C3H6O/c1-9-7-4-2-6(8)3-5-7;1-2-3-4/h2-5,9H,1H3;3H,2H2,1H3. The van der Waals surface area contributed by atoms with Gasteiger partial charge in [-0.15, -0.1) is 0 Å². The van der Waals surface area contributed by atoms with E-state index in [1.807, 2.05) is 6.92 Å². The van der Waals surface area contributed by atoms with Crippen LogP contribution in [0.25, 0.3) is 0 Å². The van der Waals surface area contributed by atoms with Crippen molar-refractivity contribution in [1.29, 1.82) is 0 Å². The molecular weight excluding hydrogens is 169 g/mol. The summed E-state index contributed by atoms with van der Waals surface area (Å²) >= 11 is 0. The van der Waals surface area contributed by atoms with Crippen LogP contribution in [0.5, 0.6) is 0 Å². The van der Waals surface area contributed by atoms with Crippen molar-refractivity contribution in [2.75, 3.05) is 12.4 Å². The molecule has 0 bridgehead atoms. The van der Waals surface area contributed by atoms with Crippen molar-refractivity contribution in [2.24, 2.45) is 0 Å². The van der Waals surface area contributed by atoms with E-state index in [-0.39, 0.29) is 5.82 Å². The first-order chi connectivity index (χ1) is 6.24. The average molecular weight is 183 g/mol. The highest BCUT2D eigenvalue weighted by Crippen LogP contribution is 2.05. The Hall–Kier alpha value is -1.38. The Morgan fingerprint density at radius 3 is 2.15 bits per heavy atom. The molecule has 0 atom stereocenters. The Kier molecular flexibility index (Phi) is 6.51. The van der Waals surface area contributed by atoms with Crippen molar-refractivity contribution in [2.45, 2.75) is 13.3 Å². The Morgan fingerprint density at radius 1 is 1.38 bits per heavy atom. The maximum atomic E-state index is 12.2. The van der Waals surface area contributed by atoms with Crippen molar-refractivity contribution in [1.82, 2.24) is 0 Å². The molecule has 0 radical (unpaired) electrons. The summed E-state index contributed by atoms with van der Waals surface area (Å²) in [5, 5.41) is 2.89. The van der Waals surface area contributed by atoms with E-state index in [0.29, 0.717) is 6.42 Å². The van der Waals surface area contributed by atoms with E-state index < -0.39 is 0 Å². The van der Waals surface area contributed by atoms with E-state index in [9.17, 15) is 9.18 Å². The minimum Gasteiger partial charge on any atom is -0.388 e. The lowest BCUT2D eigenvalue weighted by molar-refractivity contribution is -0.107. The van der Waals surface area contributed by atoms with Crippen LogP contribution in [-0.4, -0.2) is 13.3 Å². The molecule has 0 fully saturated rings.